The third-order valence-electron chi connectivity index (χ3n) is 4.32. The van der Waals surface area contributed by atoms with Crippen LogP contribution in [0, 0.1) is 0 Å². The van der Waals surface area contributed by atoms with E-state index in [4.69, 9.17) is 0 Å². The van der Waals surface area contributed by atoms with Gasteiger partial charge in [-0.25, -0.2) is 0 Å². The normalized spacial score (nSPS) is 25.4. The predicted octanol–water partition coefficient (Wildman–Crippen LogP) is 1.48. The van der Waals surface area contributed by atoms with Gasteiger partial charge in [0, 0.05) is 18.3 Å². The van der Waals surface area contributed by atoms with Crippen molar-refractivity contribution in [3.8, 4) is 0 Å². The zero-order valence-electron chi connectivity index (χ0n) is 11.9. The van der Waals surface area contributed by atoms with Gasteiger partial charge in [0.05, 0.1) is 18.3 Å². The maximum Gasteiger partial charge on any atom is 0.237 e. The van der Waals surface area contributed by atoms with Crippen LogP contribution in [0.3, 0.4) is 0 Å². The smallest absolute Gasteiger partial charge is 0.237 e. The molecule has 1 aliphatic carbocycles. The van der Waals surface area contributed by atoms with E-state index in [0.29, 0.717) is 0 Å². The lowest BCUT2D eigenvalue weighted by Crippen LogP contribution is -2.47. The first-order chi connectivity index (χ1) is 9.25. The number of carbonyl (C=O) groups excluding carboxylic acids is 1. The number of carbonyl (C=O) groups is 1. The molecule has 112 valence electrons. The van der Waals surface area contributed by atoms with Gasteiger partial charge < -0.3 is 10.6 Å². The number of aromatic nitrogens is 2. The summed E-state index contributed by atoms with van der Waals surface area (Å²) in [5, 5.41) is 10.8. The van der Waals surface area contributed by atoms with Gasteiger partial charge in [-0.1, -0.05) is 6.42 Å². The molecule has 6 heteroatoms. The Balaban J connectivity index is 0.00000147. The molecule has 0 bridgehead atoms. The standard InChI is InChI=1S/C14H22N4O.ClH/c1-18-13-7-4-6-11(10(13)9-16-18)17-14(19)12-5-2-3-8-15-12;/h9,11-12,15H,2-8H2,1H3,(H,17,19);1H/t11?,12-;/m0./s1. The van der Waals surface area contributed by atoms with Crippen molar-refractivity contribution in [3.63, 3.8) is 0 Å². The average Bonchev–Trinajstić information content (AvgIpc) is 2.83. The van der Waals surface area contributed by atoms with E-state index in [0.717, 1.165) is 38.6 Å². The van der Waals surface area contributed by atoms with Gasteiger partial charge in [0.2, 0.25) is 5.91 Å². The summed E-state index contributed by atoms with van der Waals surface area (Å²) in [6, 6.07) is 0.143. The van der Waals surface area contributed by atoms with Crippen LogP contribution < -0.4 is 10.6 Å². The number of nitrogens with zero attached hydrogens (tertiary/aromatic N) is 2. The lowest BCUT2D eigenvalue weighted by Gasteiger charge is -2.28. The van der Waals surface area contributed by atoms with Gasteiger partial charge in [-0.15, -0.1) is 12.4 Å². The van der Waals surface area contributed by atoms with Crippen LogP contribution in [-0.2, 0) is 18.3 Å². The summed E-state index contributed by atoms with van der Waals surface area (Å²) >= 11 is 0. The minimum atomic E-state index is -0.00389. The van der Waals surface area contributed by atoms with Gasteiger partial charge in [-0.3, -0.25) is 9.48 Å². The van der Waals surface area contributed by atoms with Crippen LogP contribution in [0.5, 0.6) is 0 Å². The van der Waals surface area contributed by atoms with Crippen molar-refractivity contribution in [1.29, 1.82) is 0 Å². The fraction of sp³-hybridized carbons (Fsp3) is 0.714. The predicted molar refractivity (Wildman–Crippen MR) is 79.9 cm³/mol. The van der Waals surface area contributed by atoms with Crippen molar-refractivity contribution in [2.24, 2.45) is 7.05 Å². The first-order valence-electron chi connectivity index (χ1n) is 7.30. The molecular weight excluding hydrogens is 276 g/mol. The number of amides is 1. The Labute approximate surface area is 125 Å². The molecule has 0 spiro atoms. The van der Waals surface area contributed by atoms with E-state index >= 15 is 0 Å². The van der Waals surface area contributed by atoms with Crippen LogP contribution in [0.25, 0.3) is 0 Å². The third-order valence-corrected chi connectivity index (χ3v) is 4.32. The molecule has 2 aliphatic rings. The molecule has 0 radical (unpaired) electrons. The fourth-order valence-electron chi connectivity index (χ4n) is 3.20. The molecule has 2 heterocycles. The molecule has 1 saturated heterocycles. The second kappa shape index (κ2) is 6.59. The van der Waals surface area contributed by atoms with Crippen LogP contribution in [0.15, 0.2) is 6.20 Å². The van der Waals surface area contributed by atoms with Crippen molar-refractivity contribution in [3.05, 3.63) is 17.5 Å². The molecule has 1 aromatic rings. The lowest BCUT2D eigenvalue weighted by molar-refractivity contribution is -0.124. The SMILES string of the molecule is Cl.Cn1ncc2c1CCCC2NC(=O)[C@@H]1CCCCN1. The Morgan fingerprint density at radius 2 is 2.25 bits per heavy atom. The van der Waals surface area contributed by atoms with Gasteiger partial charge >= 0.3 is 0 Å². The van der Waals surface area contributed by atoms with Crippen molar-refractivity contribution in [2.45, 2.75) is 50.6 Å². The number of fused-ring (bicyclic) bond motifs is 1. The Hall–Kier alpha value is -1.07. The van der Waals surface area contributed by atoms with Crippen LogP contribution in [-0.4, -0.2) is 28.3 Å². The number of hydrogen-bond acceptors (Lipinski definition) is 3. The van der Waals surface area contributed by atoms with Gasteiger partial charge in [-0.2, -0.15) is 5.10 Å². The summed E-state index contributed by atoms with van der Waals surface area (Å²) in [6.45, 7) is 0.959. The van der Waals surface area contributed by atoms with Gasteiger partial charge in [0.25, 0.3) is 0 Å². The van der Waals surface area contributed by atoms with E-state index in [-0.39, 0.29) is 30.4 Å². The Kier molecular flexibility index (Phi) is 5.05. The number of rotatable bonds is 2. The highest BCUT2D eigenvalue weighted by atomic mass is 35.5. The molecule has 5 nitrogen and oxygen atoms in total. The monoisotopic (exact) mass is 298 g/mol. The van der Waals surface area contributed by atoms with E-state index in [2.05, 4.69) is 15.7 Å². The summed E-state index contributed by atoms with van der Waals surface area (Å²) < 4.78 is 1.94. The minimum Gasteiger partial charge on any atom is -0.348 e. The van der Waals surface area contributed by atoms with Crippen LogP contribution >= 0.6 is 12.4 Å². The summed E-state index contributed by atoms with van der Waals surface area (Å²) in [4.78, 5) is 12.3. The molecule has 2 atom stereocenters. The van der Waals surface area contributed by atoms with E-state index in [1.807, 2.05) is 17.9 Å². The Bertz CT molecular complexity index is 468. The van der Waals surface area contributed by atoms with Gasteiger partial charge in [-0.05, 0) is 38.6 Å². The van der Waals surface area contributed by atoms with Crippen LogP contribution in [0.4, 0.5) is 0 Å². The van der Waals surface area contributed by atoms with Crippen LogP contribution in [0.2, 0.25) is 0 Å². The molecule has 1 amide bonds. The number of aryl methyl sites for hydroxylation is 1. The van der Waals surface area contributed by atoms with E-state index in [1.165, 1.54) is 17.7 Å². The quantitative estimate of drug-likeness (QED) is 0.869. The van der Waals surface area contributed by atoms with Crippen molar-refractivity contribution in [2.75, 3.05) is 6.54 Å². The molecule has 1 aliphatic heterocycles. The molecule has 0 aromatic carbocycles. The van der Waals surface area contributed by atoms with Crippen molar-refractivity contribution >= 4 is 18.3 Å². The highest BCUT2D eigenvalue weighted by Gasteiger charge is 2.28. The third kappa shape index (κ3) is 2.99. The van der Waals surface area contributed by atoms with Crippen LogP contribution in [0.1, 0.15) is 49.4 Å². The number of piperidine rings is 1. The average molecular weight is 299 g/mol. The molecule has 2 N–H and O–H groups in total. The molecule has 1 aromatic heterocycles. The molecular formula is C14H23ClN4O. The first kappa shape index (κ1) is 15.3. The Morgan fingerprint density at radius 1 is 1.40 bits per heavy atom. The van der Waals surface area contributed by atoms with Crippen molar-refractivity contribution < 1.29 is 4.79 Å². The number of nitrogens with one attached hydrogen (secondary N) is 2. The number of halogens is 1. The Morgan fingerprint density at radius 3 is 3.00 bits per heavy atom. The van der Waals surface area contributed by atoms with E-state index in [9.17, 15) is 4.79 Å². The molecule has 0 saturated carbocycles. The molecule has 1 unspecified atom stereocenters. The minimum absolute atomic E-state index is 0. The summed E-state index contributed by atoms with van der Waals surface area (Å²) in [6.07, 6.45) is 8.41. The van der Waals surface area contributed by atoms with Crippen molar-refractivity contribution in [1.82, 2.24) is 20.4 Å². The maximum absolute atomic E-state index is 12.3. The van der Waals surface area contributed by atoms with Gasteiger partial charge in [0.1, 0.15) is 0 Å². The fourth-order valence-corrected chi connectivity index (χ4v) is 3.20. The molecule has 1 fully saturated rings. The zero-order chi connectivity index (χ0) is 13.2. The maximum atomic E-state index is 12.3. The first-order valence-corrected chi connectivity index (χ1v) is 7.30. The van der Waals surface area contributed by atoms with Gasteiger partial charge in [0.15, 0.2) is 0 Å². The second-order valence-electron chi connectivity index (χ2n) is 5.63. The summed E-state index contributed by atoms with van der Waals surface area (Å²) in [7, 11) is 1.98. The topological polar surface area (TPSA) is 59.0 Å². The zero-order valence-corrected chi connectivity index (χ0v) is 12.7. The van der Waals surface area contributed by atoms with E-state index < -0.39 is 0 Å². The highest BCUT2D eigenvalue weighted by Crippen LogP contribution is 2.29. The largest absolute Gasteiger partial charge is 0.348 e. The number of hydrogen-bond donors (Lipinski definition) is 2. The summed E-state index contributed by atoms with van der Waals surface area (Å²) in [5.74, 6) is 0.154. The lowest BCUT2D eigenvalue weighted by atomic mass is 9.92. The summed E-state index contributed by atoms with van der Waals surface area (Å²) in [5.41, 5.74) is 2.48. The second-order valence-corrected chi connectivity index (χ2v) is 5.63. The highest BCUT2D eigenvalue weighted by molar-refractivity contribution is 5.85. The molecule has 3 rings (SSSR count). The van der Waals surface area contributed by atoms with E-state index in [1.54, 1.807) is 0 Å². The molecule has 20 heavy (non-hydrogen) atoms.